The molecule has 1 aromatic carbocycles. The molecule has 20 heavy (non-hydrogen) atoms. The molecule has 0 aromatic heterocycles. The molecule has 0 spiro atoms. The van der Waals surface area contributed by atoms with E-state index < -0.39 is 0 Å². The first-order valence-corrected chi connectivity index (χ1v) is 6.38. The van der Waals surface area contributed by atoms with Crippen molar-refractivity contribution >= 4 is 12.1 Å². The van der Waals surface area contributed by atoms with E-state index in [-0.39, 0.29) is 18.7 Å². The molecule has 0 bridgehead atoms. The third kappa shape index (κ3) is 2.99. The van der Waals surface area contributed by atoms with Crippen LogP contribution in [-0.4, -0.2) is 37.2 Å². The molecule has 0 unspecified atom stereocenters. The fraction of sp³-hybridized carbons (Fsp3) is 0.333. The molecule has 5 heteroatoms. The molecular weight excluding hydrogens is 258 g/mol. The lowest BCUT2D eigenvalue weighted by Crippen LogP contribution is -2.36. The topological polar surface area (TPSA) is 55.8 Å². The van der Waals surface area contributed by atoms with Crippen molar-refractivity contribution in [2.75, 3.05) is 20.3 Å². The van der Waals surface area contributed by atoms with E-state index in [1.165, 1.54) is 13.2 Å². The lowest BCUT2D eigenvalue weighted by molar-refractivity contribution is 0.0600. The van der Waals surface area contributed by atoms with Crippen LogP contribution in [0.4, 0.5) is 4.79 Å². The number of amides is 1. The number of esters is 1. The Morgan fingerprint density at radius 3 is 2.90 bits per heavy atom. The SMILES string of the molecule is C=CCOC(=O)N1CCc2ccc(C(=O)OC)cc2C1. The van der Waals surface area contributed by atoms with E-state index >= 15 is 0 Å². The van der Waals surface area contributed by atoms with Crippen LogP contribution in [0.5, 0.6) is 0 Å². The van der Waals surface area contributed by atoms with Crippen molar-refractivity contribution in [2.45, 2.75) is 13.0 Å². The highest BCUT2D eigenvalue weighted by Crippen LogP contribution is 2.21. The Hall–Kier alpha value is -2.30. The monoisotopic (exact) mass is 275 g/mol. The maximum absolute atomic E-state index is 11.8. The average Bonchev–Trinajstić information content (AvgIpc) is 2.50. The molecule has 5 nitrogen and oxygen atoms in total. The van der Waals surface area contributed by atoms with E-state index in [0.717, 1.165) is 17.5 Å². The highest BCUT2D eigenvalue weighted by atomic mass is 16.6. The van der Waals surface area contributed by atoms with Gasteiger partial charge in [-0.1, -0.05) is 18.7 Å². The zero-order valence-corrected chi connectivity index (χ0v) is 11.4. The summed E-state index contributed by atoms with van der Waals surface area (Å²) in [5.74, 6) is -0.376. The number of methoxy groups -OCH3 is 1. The van der Waals surface area contributed by atoms with Crippen LogP contribution in [0.25, 0.3) is 0 Å². The molecular formula is C15H17NO4. The molecule has 0 aliphatic carbocycles. The number of rotatable bonds is 3. The van der Waals surface area contributed by atoms with E-state index in [9.17, 15) is 9.59 Å². The molecule has 0 saturated heterocycles. The zero-order valence-electron chi connectivity index (χ0n) is 11.4. The van der Waals surface area contributed by atoms with Gasteiger partial charge in [0.25, 0.3) is 0 Å². The van der Waals surface area contributed by atoms with E-state index in [0.29, 0.717) is 18.7 Å². The van der Waals surface area contributed by atoms with Gasteiger partial charge in [-0.05, 0) is 29.7 Å². The molecule has 1 amide bonds. The molecule has 0 atom stereocenters. The Kier molecular flexibility index (Phi) is 4.40. The van der Waals surface area contributed by atoms with Crippen LogP contribution in [0, 0.1) is 0 Å². The first kappa shape index (κ1) is 14.1. The Balaban J connectivity index is 2.13. The minimum Gasteiger partial charge on any atom is -0.465 e. The first-order valence-electron chi connectivity index (χ1n) is 6.38. The number of carbonyl (C=O) groups is 2. The maximum atomic E-state index is 11.8. The van der Waals surface area contributed by atoms with Crippen LogP contribution >= 0.6 is 0 Å². The Bertz CT molecular complexity index is 539. The van der Waals surface area contributed by atoms with Crippen LogP contribution in [0.2, 0.25) is 0 Å². The van der Waals surface area contributed by atoms with Gasteiger partial charge in [-0.2, -0.15) is 0 Å². The lowest BCUT2D eigenvalue weighted by atomic mass is 9.97. The molecule has 1 aromatic rings. The number of benzene rings is 1. The second-order valence-corrected chi connectivity index (χ2v) is 4.51. The molecule has 106 valence electrons. The van der Waals surface area contributed by atoms with Gasteiger partial charge in [0.05, 0.1) is 12.7 Å². The summed E-state index contributed by atoms with van der Waals surface area (Å²) in [6, 6.07) is 5.43. The molecule has 1 aliphatic rings. The summed E-state index contributed by atoms with van der Waals surface area (Å²) in [6.07, 6.45) is 1.92. The van der Waals surface area contributed by atoms with E-state index in [2.05, 4.69) is 6.58 Å². The number of hydrogen-bond acceptors (Lipinski definition) is 4. The van der Waals surface area contributed by atoms with E-state index in [1.807, 2.05) is 6.07 Å². The minimum absolute atomic E-state index is 0.199. The summed E-state index contributed by atoms with van der Waals surface area (Å²) in [5.41, 5.74) is 2.59. The van der Waals surface area contributed by atoms with Crippen LogP contribution < -0.4 is 0 Å². The van der Waals surface area contributed by atoms with Gasteiger partial charge >= 0.3 is 12.1 Å². The Morgan fingerprint density at radius 1 is 1.40 bits per heavy atom. The number of nitrogens with zero attached hydrogens (tertiary/aromatic N) is 1. The first-order chi connectivity index (χ1) is 9.65. The highest BCUT2D eigenvalue weighted by Gasteiger charge is 2.22. The van der Waals surface area contributed by atoms with Crippen molar-refractivity contribution < 1.29 is 19.1 Å². The molecule has 0 fully saturated rings. The number of carbonyl (C=O) groups excluding carboxylic acids is 2. The maximum Gasteiger partial charge on any atom is 0.410 e. The molecule has 0 saturated carbocycles. The van der Waals surface area contributed by atoms with Crippen LogP contribution in [0.15, 0.2) is 30.9 Å². The Morgan fingerprint density at radius 2 is 2.20 bits per heavy atom. The number of fused-ring (bicyclic) bond motifs is 1. The molecule has 2 rings (SSSR count). The van der Waals surface area contributed by atoms with E-state index in [1.54, 1.807) is 17.0 Å². The molecule has 1 heterocycles. The van der Waals surface area contributed by atoms with Gasteiger partial charge in [0, 0.05) is 13.1 Å². The summed E-state index contributed by atoms with van der Waals surface area (Å²) in [4.78, 5) is 24.9. The van der Waals surface area contributed by atoms with Gasteiger partial charge in [-0.25, -0.2) is 9.59 Å². The summed E-state index contributed by atoms with van der Waals surface area (Å²) in [6.45, 7) is 4.76. The van der Waals surface area contributed by atoms with Gasteiger partial charge < -0.3 is 14.4 Å². The van der Waals surface area contributed by atoms with Crippen LogP contribution in [0.3, 0.4) is 0 Å². The van der Waals surface area contributed by atoms with Crippen molar-refractivity contribution in [2.24, 2.45) is 0 Å². The average molecular weight is 275 g/mol. The summed E-state index contributed by atoms with van der Waals surface area (Å²) < 4.78 is 9.72. The number of hydrogen-bond donors (Lipinski definition) is 0. The summed E-state index contributed by atoms with van der Waals surface area (Å²) in [5, 5.41) is 0. The summed E-state index contributed by atoms with van der Waals surface area (Å²) in [7, 11) is 1.35. The predicted octanol–water partition coefficient (Wildman–Crippen LogP) is 2.15. The van der Waals surface area contributed by atoms with Crippen molar-refractivity contribution in [1.29, 1.82) is 0 Å². The minimum atomic E-state index is -0.376. The van der Waals surface area contributed by atoms with Gasteiger partial charge in [0.2, 0.25) is 0 Å². The van der Waals surface area contributed by atoms with Crippen molar-refractivity contribution in [3.05, 3.63) is 47.5 Å². The summed E-state index contributed by atoms with van der Waals surface area (Å²) >= 11 is 0. The Labute approximate surface area is 117 Å². The van der Waals surface area contributed by atoms with Crippen LogP contribution in [-0.2, 0) is 22.4 Å². The van der Waals surface area contributed by atoms with Crippen molar-refractivity contribution in [3.8, 4) is 0 Å². The predicted molar refractivity (Wildman–Crippen MR) is 73.4 cm³/mol. The van der Waals surface area contributed by atoms with Crippen molar-refractivity contribution in [3.63, 3.8) is 0 Å². The molecule has 1 aliphatic heterocycles. The fourth-order valence-corrected chi connectivity index (χ4v) is 2.18. The lowest BCUT2D eigenvalue weighted by Gasteiger charge is -2.28. The van der Waals surface area contributed by atoms with Gasteiger partial charge in [0.15, 0.2) is 0 Å². The third-order valence-electron chi connectivity index (χ3n) is 3.22. The van der Waals surface area contributed by atoms with Gasteiger partial charge in [-0.3, -0.25) is 0 Å². The fourth-order valence-electron chi connectivity index (χ4n) is 2.18. The smallest absolute Gasteiger partial charge is 0.410 e. The van der Waals surface area contributed by atoms with Crippen LogP contribution in [0.1, 0.15) is 21.5 Å². The zero-order chi connectivity index (χ0) is 14.5. The van der Waals surface area contributed by atoms with E-state index in [4.69, 9.17) is 9.47 Å². The number of ether oxygens (including phenoxy) is 2. The van der Waals surface area contributed by atoms with Gasteiger partial charge in [0.1, 0.15) is 6.61 Å². The second kappa shape index (κ2) is 6.23. The largest absolute Gasteiger partial charge is 0.465 e. The third-order valence-corrected chi connectivity index (χ3v) is 3.22. The quantitative estimate of drug-likeness (QED) is 0.626. The normalized spacial score (nSPS) is 13.3. The standard InChI is InChI=1S/C15H17NO4/c1-3-8-20-15(18)16-7-6-11-4-5-12(14(17)19-2)9-13(11)10-16/h3-5,9H,1,6-8,10H2,2H3. The molecule has 0 N–H and O–H groups in total. The van der Waals surface area contributed by atoms with Gasteiger partial charge in [-0.15, -0.1) is 0 Å². The second-order valence-electron chi connectivity index (χ2n) is 4.51. The molecule has 0 radical (unpaired) electrons. The van der Waals surface area contributed by atoms with Crippen molar-refractivity contribution in [1.82, 2.24) is 4.90 Å². The highest BCUT2D eigenvalue weighted by molar-refractivity contribution is 5.89.